The molecule has 1 aliphatic rings. The number of amides is 3. The molecule has 1 heterocycles. The van der Waals surface area contributed by atoms with E-state index in [1.165, 1.54) is 11.1 Å². The zero-order chi connectivity index (χ0) is 17.5. The van der Waals surface area contributed by atoms with E-state index in [4.69, 9.17) is 0 Å². The van der Waals surface area contributed by atoms with Crippen LogP contribution in [0, 0.1) is 0 Å². The molecule has 5 heteroatoms. The van der Waals surface area contributed by atoms with E-state index in [1.54, 1.807) is 4.90 Å². The van der Waals surface area contributed by atoms with E-state index in [1.807, 2.05) is 36.4 Å². The summed E-state index contributed by atoms with van der Waals surface area (Å²) in [5, 5.41) is 5.83. The normalized spacial score (nSPS) is 14.8. The molecule has 0 spiro atoms. The van der Waals surface area contributed by atoms with Crippen molar-refractivity contribution in [1.29, 1.82) is 0 Å². The smallest absolute Gasteiger partial charge is 0.317 e. The molecule has 3 rings (SSSR count). The van der Waals surface area contributed by atoms with Gasteiger partial charge in [-0.3, -0.25) is 4.79 Å². The fraction of sp³-hybridized carbons (Fsp3) is 0.300. The van der Waals surface area contributed by atoms with Crippen LogP contribution in [0.4, 0.5) is 4.79 Å². The summed E-state index contributed by atoms with van der Waals surface area (Å²) in [5.74, 6) is 0.0971. The summed E-state index contributed by atoms with van der Waals surface area (Å²) in [7, 11) is 0. The van der Waals surface area contributed by atoms with Crippen LogP contribution in [0.15, 0.2) is 60.7 Å². The van der Waals surface area contributed by atoms with Crippen molar-refractivity contribution < 1.29 is 9.59 Å². The van der Waals surface area contributed by atoms with E-state index in [2.05, 4.69) is 34.9 Å². The molecule has 0 atom stereocenters. The van der Waals surface area contributed by atoms with Crippen molar-refractivity contribution >= 4 is 11.9 Å². The second-order valence-electron chi connectivity index (χ2n) is 6.15. The van der Waals surface area contributed by atoms with Crippen LogP contribution < -0.4 is 10.6 Å². The second-order valence-corrected chi connectivity index (χ2v) is 6.15. The zero-order valence-electron chi connectivity index (χ0n) is 14.2. The number of hydrogen-bond donors (Lipinski definition) is 2. The van der Waals surface area contributed by atoms with Crippen LogP contribution in [-0.4, -0.2) is 43.0 Å². The summed E-state index contributed by atoms with van der Waals surface area (Å²) in [6.45, 7) is 2.02. The molecule has 1 saturated heterocycles. The topological polar surface area (TPSA) is 61.4 Å². The molecule has 0 radical (unpaired) electrons. The van der Waals surface area contributed by atoms with Crippen molar-refractivity contribution in [3.05, 3.63) is 71.8 Å². The van der Waals surface area contributed by atoms with Gasteiger partial charge in [-0.1, -0.05) is 60.7 Å². The van der Waals surface area contributed by atoms with Gasteiger partial charge in [0.25, 0.3) is 0 Å². The highest BCUT2D eigenvalue weighted by Gasteiger charge is 2.20. The van der Waals surface area contributed by atoms with Crippen molar-refractivity contribution in [3.63, 3.8) is 0 Å². The average molecular weight is 337 g/mol. The molecule has 25 heavy (non-hydrogen) atoms. The molecule has 0 bridgehead atoms. The van der Waals surface area contributed by atoms with E-state index in [0.29, 0.717) is 32.6 Å². The summed E-state index contributed by atoms with van der Waals surface area (Å²) in [6.07, 6.45) is 0.355. The van der Waals surface area contributed by atoms with Gasteiger partial charge in [-0.25, -0.2) is 4.79 Å². The van der Waals surface area contributed by atoms with Gasteiger partial charge in [0, 0.05) is 38.5 Å². The highest BCUT2D eigenvalue weighted by atomic mass is 16.2. The Morgan fingerprint density at radius 2 is 1.60 bits per heavy atom. The van der Waals surface area contributed by atoms with E-state index >= 15 is 0 Å². The fourth-order valence-corrected chi connectivity index (χ4v) is 3.07. The Labute approximate surface area is 148 Å². The molecule has 1 aliphatic heterocycles. The van der Waals surface area contributed by atoms with E-state index < -0.39 is 0 Å². The minimum absolute atomic E-state index is 0.00162. The van der Waals surface area contributed by atoms with Crippen molar-refractivity contribution in [1.82, 2.24) is 15.5 Å². The standard InChI is InChI=1S/C20H23N3O2/c24-19-11-13-23(14-12-21-19)20(25)22-15-18(16-7-3-1-4-8-16)17-9-5-2-6-10-17/h1-10,18H,11-15H2,(H,21,24)(H,22,25). The SMILES string of the molecule is O=C1CCN(C(=O)NCC(c2ccccc2)c2ccccc2)CCN1. The third kappa shape index (κ3) is 4.59. The lowest BCUT2D eigenvalue weighted by Gasteiger charge is -2.23. The number of benzene rings is 2. The average Bonchev–Trinajstić information content (AvgIpc) is 2.88. The van der Waals surface area contributed by atoms with Gasteiger partial charge >= 0.3 is 6.03 Å². The summed E-state index contributed by atoms with van der Waals surface area (Å²) in [5.41, 5.74) is 2.34. The Hall–Kier alpha value is -2.82. The maximum Gasteiger partial charge on any atom is 0.317 e. The third-order valence-electron chi connectivity index (χ3n) is 4.46. The van der Waals surface area contributed by atoms with Crippen LogP contribution >= 0.6 is 0 Å². The Kier molecular flexibility index (Phi) is 5.67. The minimum atomic E-state index is -0.117. The summed E-state index contributed by atoms with van der Waals surface area (Å²) in [6, 6.07) is 20.2. The van der Waals surface area contributed by atoms with Gasteiger partial charge in [-0.2, -0.15) is 0 Å². The van der Waals surface area contributed by atoms with Crippen LogP contribution in [0.2, 0.25) is 0 Å². The zero-order valence-corrected chi connectivity index (χ0v) is 14.2. The minimum Gasteiger partial charge on any atom is -0.354 e. The molecular formula is C20H23N3O2. The molecule has 3 amide bonds. The summed E-state index contributed by atoms with van der Waals surface area (Å²) in [4.78, 5) is 25.6. The predicted octanol–water partition coefficient (Wildman–Crippen LogP) is 2.35. The van der Waals surface area contributed by atoms with Gasteiger partial charge in [-0.15, -0.1) is 0 Å². The van der Waals surface area contributed by atoms with E-state index in [9.17, 15) is 9.59 Å². The predicted molar refractivity (Wildman–Crippen MR) is 97.3 cm³/mol. The third-order valence-corrected chi connectivity index (χ3v) is 4.46. The van der Waals surface area contributed by atoms with Crippen LogP contribution in [0.3, 0.4) is 0 Å². The van der Waals surface area contributed by atoms with Gasteiger partial charge in [0.05, 0.1) is 0 Å². The maximum absolute atomic E-state index is 12.5. The van der Waals surface area contributed by atoms with Crippen molar-refractivity contribution in [3.8, 4) is 0 Å². The number of nitrogens with zero attached hydrogens (tertiary/aromatic N) is 1. The summed E-state index contributed by atoms with van der Waals surface area (Å²) >= 11 is 0. The Morgan fingerprint density at radius 1 is 1.00 bits per heavy atom. The molecule has 0 aromatic heterocycles. The molecule has 0 aliphatic carbocycles. The lowest BCUT2D eigenvalue weighted by Crippen LogP contribution is -2.43. The first-order chi connectivity index (χ1) is 12.2. The number of urea groups is 1. The molecule has 1 fully saturated rings. The Balaban J connectivity index is 1.68. The van der Waals surface area contributed by atoms with E-state index in [-0.39, 0.29) is 17.9 Å². The molecule has 2 N–H and O–H groups in total. The molecule has 5 nitrogen and oxygen atoms in total. The Morgan fingerprint density at radius 3 is 2.20 bits per heavy atom. The van der Waals surface area contributed by atoms with Gasteiger partial charge in [0.1, 0.15) is 0 Å². The quantitative estimate of drug-likeness (QED) is 0.900. The first-order valence-electron chi connectivity index (χ1n) is 8.63. The fourth-order valence-electron chi connectivity index (χ4n) is 3.07. The number of nitrogens with one attached hydrogen (secondary N) is 2. The van der Waals surface area contributed by atoms with Crippen molar-refractivity contribution in [2.45, 2.75) is 12.3 Å². The molecule has 2 aromatic carbocycles. The Bertz CT molecular complexity index is 664. The molecule has 0 saturated carbocycles. The lowest BCUT2D eigenvalue weighted by molar-refractivity contribution is -0.120. The first kappa shape index (κ1) is 17.0. The lowest BCUT2D eigenvalue weighted by atomic mass is 9.91. The molecule has 130 valence electrons. The highest BCUT2D eigenvalue weighted by Crippen LogP contribution is 2.23. The largest absolute Gasteiger partial charge is 0.354 e. The highest BCUT2D eigenvalue weighted by molar-refractivity contribution is 5.79. The van der Waals surface area contributed by atoms with Gasteiger partial charge in [-0.05, 0) is 11.1 Å². The van der Waals surface area contributed by atoms with Crippen molar-refractivity contribution in [2.24, 2.45) is 0 Å². The number of rotatable bonds is 4. The monoisotopic (exact) mass is 337 g/mol. The van der Waals surface area contributed by atoms with E-state index in [0.717, 1.165) is 0 Å². The number of carbonyl (C=O) groups excluding carboxylic acids is 2. The van der Waals surface area contributed by atoms with Crippen LogP contribution in [0.5, 0.6) is 0 Å². The number of carbonyl (C=O) groups is 2. The molecule has 0 unspecified atom stereocenters. The summed E-state index contributed by atoms with van der Waals surface area (Å²) < 4.78 is 0. The second kappa shape index (κ2) is 8.33. The van der Waals surface area contributed by atoms with Crippen molar-refractivity contribution in [2.75, 3.05) is 26.2 Å². The van der Waals surface area contributed by atoms with Gasteiger partial charge in [0.2, 0.25) is 5.91 Å². The van der Waals surface area contributed by atoms with Crippen LogP contribution in [-0.2, 0) is 4.79 Å². The van der Waals surface area contributed by atoms with Crippen LogP contribution in [0.1, 0.15) is 23.5 Å². The first-order valence-corrected chi connectivity index (χ1v) is 8.63. The number of hydrogen-bond acceptors (Lipinski definition) is 2. The van der Waals surface area contributed by atoms with Gasteiger partial charge in [0.15, 0.2) is 0 Å². The molecule has 2 aromatic rings. The molecular weight excluding hydrogens is 314 g/mol. The maximum atomic E-state index is 12.5. The van der Waals surface area contributed by atoms with Crippen LogP contribution in [0.25, 0.3) is 0 Å². The van der Waals surface area contributed by atoms with Gasteiger partial charge < -0.3 is 15.5 Å².